The number of hydrogen-bond acceptors (Lipinski definition) is 2. The Bertz CT molecular complexity index is 454. The van der Waals surface area contributed by atoms with Gasteiger partial charge in [0, 0.05) is 12.6 Å². The van der Waals surface area contributed by atoms with Crippen molar-refractivity contribution in [1.29, 1.82) is 0 Å². The highest BCUT2D eigenvalue weighted by Gasteiger charge is 2.33. The summed E-state index contributed by atoms with van der Waals surface area (Å²) in [5.74, 6) is 0.462. The molecule has 1 aromatic rings. The van der Waals surface area contributed by atoms with Gasteiger partial charge < -0.3 is 10.6 Å². The van der Waals surface area contributed by atoms with Crippen molar-refractivity contribution in [2.45, 2.75) is 38.9 Å². The van der Waals surface area contributed by atoms with Crippen LogP contribution in [0, 0.1) is 5.92 Å². The van der Waals surface area contributed by atoms with E-state index in [1.54, 1.807) is 0 Å². The summed E-state index contributed by atoms with van der Waals surface area (Å²) in [5.41, 5.74) is 6.07. The van der Waals surface area contributed by atoms with Crippen LogP contribution >= 0.6 is 0 Å². The number of benzene rings is 1. The molecular weight excluding hydrogens is 253 g/mol. The Balaban J connectivity index is 2.31. The smallest absolute Gasteiger partial charge is 0.397 e. The minimum absolute atomic E-state index is 0.211. The zero-order chi connectivity index (χ0) is 14.2. The van der Waals surface area contributed by atoms with E-state index in [1.807, 2.05) is 0 Å². The quantitative estimate of drug-likeness (QED) is 0.827. The van der Waals surface area contributed by atoms with Gasteiger partial charge in [-0.3, -0.25) is 0 Å². The van der Waals surface area contributed by atoms with Crippen LogP contribution in [0.5, 0.6) is 0 Å². The molecule has 1 aliphatic heterocycles. The molecule has 0 spiro atoms. The van der Waals surface area contributed by atoms with Gasteiger partial charge in [0.25, 0.3) is 0 Å². The van der Waals surface area contributed by atoms with Crippen LogP contribution in [-0.2, 0) is 6.18 Å². The maximum Gasteiger partial charge on any atom is 0.416 e. The van der Waals surface area contributed by atoms with E-state index in [-0.39, 0.29) is 5.69 Å². The van der Waals surface area contributed by atoms with Crippen LogP contribution in [0.25, 0.3) is 0 Å². The van der Waals surface area contributed by atoms with Crippen LogP contribution < -0.4 is 10.6 Å². The molecule has 0 aliphatic carbocycles. The molecule has 1 aromatic carbocycles. The molecule has 0 amide bonds. The van der Waals surface area contributed by atoms with E-state index in [0.29, 0.717) is 12.0 Å². The van der Waals surface area contributed by atoms with Crippen molar-refractivity contribution in [3.8, 4) is 0 Å². The average Bonchev–Trinajstić information content (AvgIpc) is 2.76. The summed E-state index contributed by atoms with van der Waals surface area (Å²) in [6.07, 6.45) is -2.21. The highest BCUT2D eigenvalue weighted by atomic mass is 19.4. The minimum Gasteiger partial charge on any atom is -0.397 e. The summed E-state index contributed by atoms with van der Waals surface area (Å²) in [6.45, 7) is 5.12. The first-order chi connectivity index (χ1) is 8.80. The number of nitrogens with zero attached hydrogens (tertiary/aromatic N) is 1. The lowest BCUT2D eigenvalue weighted by Gasteiger charge is -2.31. The zero-order valence-corrected chi connectivity index (χ0v) is 11.2. The van der Waals surface area contributed by atoms with Gasteiger partial charge in [-0.25, -0.2) is 0 Å². The number of alkyl halides is 3. The molecule has 19 heavy (non-hydrogen) atoms. The van der Waals surface area contributed by atoms with Gasteiger partial charge in [0.15, 0.2) is 0 Å². The van der Waals surface area contributed by atoms with Crippen molar-refractivity contribution in [3.63, 3.8) is 0 Å². The van der Waals surface area contributed by atoms with Crippen molar-refractivity contribution in [3.05, 3.63) is 23.8 Å². The Morgan fingerprint density at radius 1 is 1.32 bits per heavy atom. The van der Waals surface area contributed by atoms with Gasteiger partial charge >= 0.3 is 6.18 Å². The summed E-state index contributed by atoms with van der Waals surface area (Å²) in [6, 6.07) is 4.00. The van der Waals surface area contributed by atoms with E-state index < -0.39 is 11.7 Å². The molecule has 0 saturated carbocycles. The van der Waals surface area contributed by atoms with Crippen LogP contribution in [-0.4, -0.2) is 12.6 Å². The maximum absolute atomic E-state index is 12.6. The van der Waals surface area contributed by atoms with Gasteiger partial charge in [0.05, 0.1) is 16.9 Å². The van der Waals surface area contributed by atoms with E-state index in [4.69, 9.17) is 5.73 Å². The lowest BCUT2D eigenvalue weighted by Crippen LogP contribution is -2.33. The van der Waals surface area contributed by atoms with E-state index >= 15 is 0 Å². The highest BCUT2D eigenvalue weighted by molar-refractivity contribution is 5.69. The monoisotopic (exact) mass is 272 g/mol. The molecule has 1 fully saturated rings. The Morgan fingerprint density at radius 3 is 2.53 bits per heavy atom. The molecule has 0 radical (unpaired) electrons. The van der Waals surface area contributed by atoms with Crippen molar-refractivity contribution >= 4 is 11.4 Å². The van der Waals surface area contributed by atoms with Crippen LogP contribution in [0.1, 0.15) is 32.3 Å². The number of hydrogen-bond donors (Lipinski definition) is 1. The first-order valence-corrected chi connectivity index (χ1v) is 6.54. The van der Waals surface area contributed by atoms with Gasteiger partial charge in [-0.1, -0.05) is 13.8 Å². The van der Waals surface area contributed by atoms with Crippen molar-refractivity contribution in [2.75, 3.05) is 17.2 Å². The zero-order valence-electron chi connectivity index (χ0n) is 11.2. The van der Waals surface area contributed by atoms with E-state index in [1.165, 1.54) is 6.07 Å². The fourth-order valence-corrected chi connectivity index (χ4v) is 2.78. The van der Waals surface area contributed by atoms with Crippen LogP contribution in [0.15, 0.2) is 18.2 Å². The van der Waals surface area contributed by atoms with Gasteiger partial charge in [0.2, 0.25) is 0 Å². The molecular formula is C14H19F3N2. The van der Waals surface area contributed by atoms with Crippen LogP contribution in [0.4, 0.5) is 24.5 Å². The minimum atomic E-state index is -4.34. The maximum atomic E-state index is 12.6. The number of nitrogen functional groups attached to an aromatic ring is 1. The Hall–Kier alpha value is -1.39. The standard InChI is InChI=1S/C14H19F3N2/c1-9(2)12-4-3-7-19(12)13-6-5-10(8-11(13)18)14(15,16)17/h5-6,8-9,12H,3-4,7,18H2,1-2H3. The predicted octanol–water partition coefficient (Wildman–Crippen LogP) is 3.91. The molecule has 1 unspecified atom stereocenters. The highest BCUT2D eigenvalue weighted by Crippen LogP contribution is 2.37. The van der Waals surface area contributed by atoms with Crippen LogP contribution in [0.2, 0.25) is 0 Å². The number of anilines is 2. The molecule has 1 saturated heterocycles. The summed E-state index contributed by atoms with van der Waals surface area (Å²) < 4.78 is 37.8. The number of nitrogens with two attached hydrogens (primary N) is 1. The molecule has 1 heterocycles. The second kappa shape index (κ2) is 4.94. The van der Waals surface area contributed by atoms with E-state index in [9.17, 15) is 13.2 Å². The third kappa shape index (κ3) is 2.80. The Labute approximate surface area is 111 Å². The normalized spacial score (nSPS) is 20.3. The van der Waals surface area contributed by atoms with E-state index in [0.717, 1.165) is 37.2 Å². The number of rotatable bonds is 2. The van der Waals surface area contributed by atoms with Gasteiger partial charge in [0.1, 0.15) is 0 Å². The Kier molecular flexibility index (Phi) is 3.65. The first-order valence-electron chi connectivity index (χ1n) is 6.54. The first kappa shape index (κ1) is 14.0. The molecule has 106 valence electrons. The SMILES string of the molecule is CC(C)C1CCCN1c1ccc(C(F)(F)F)cc1N. The molecule has 1 aliphatic rings. The summed E-state index contributed by atoms with van der Waals surface area (Å²) in [4.78, 5) is 2.14. The molecule has 0 bridgehead atoms. The van der Waals surface area contributed by atoms with Crippen LogP contribution in [0.3, 0.4) is 0 Å². The summed E-state index contributed by atoms with van der Waals surface area (Å²) >= 11 is 0. The molecule has 2 N–H and O–H groups in total. The third-order valence-corrected chi connectivity index (χ3v) is 3.73. The second-order valence-corrected chi connectivity index (χ2v) is 5.42. The molecule has 1 atom stereocenters. The second-order valence-electron chi connectivity index (χ2n) is 5.42. The molecule has 2 nitrogen and oxygen atoms in total. The Morgan fingerprint density at radius 2 is 2.00 bits per heavy atom. The fraction of sp³-hybridized carbons (Fsp3) is 0.571. The van der Waals surface area contributed by atoms with Gasteiger partial charge in [-0.05, 0) is 37.0 Å². The van der Waals surface area contributed by atoms with Gasteiger partial charge in [-0.15, -0.1) is 0 Å². The lowest BCUT2D eigenvalue weighted by molar-refractivity contribution is -0.137. The fourth-order valence-electron chi connectivity index (χ4n) is 2.78. The molecule has 2 rings (SSSR count). The third-order valence-electron chi connectivity index (χ3n) is 3.73. The van der Waals surface area contributed by atoms with E-state index in [2.05, 4.69) is 18.7 Å². The van der Waals surface area contributed by atoms with Crippen molar-refractivity contribution in [1.82, 2.24) is 0 Å². The largest absolute Gasteiger partial charge is 0.416 e. The van der Waals surface area contributed by atoms with Crippen molar-refractivity contribution < 1.29 is 13.2 Å². The predicted molar refractivity (Wildman–Crippen MR) is 71.1 cm³/mol. The van der Waals surface area contributed by atoms with Gasteiger partial charge in [-0.2, -0.15) is 13.2 Å². The van der Waals surface area contributed by atoms with Crippen molar-refractivity contribution in [2.24, 2.45) is 5.92 Å². The summed E-state index contributed by atoms with van der Waals surface area (Å²) in [7, 11) is 0. The lowest BCUT2D eigenvalue weighted by atomic mass is 10.0. The summed E-state index contributed by atoms with van der Waals surface area (Å²) in [5, 5.41) is 0. The molecule has 0 aromatic heterocycles. The average molecular weight is 272 g/mol. The topological polar surface area (TPSA) is 29.3 Å². The molecule has 5 heteroatoms. The number of halogens is 3.